The van der Waals surface area contributed by atoms with Gasteiger partial charge < -0.3 is 55.3 Å². The van der Waals surface area contributed by atoms with E-state index in [9.17, 15) is 25.5 Å². The van der Waals surface area contributed by atoms with E-state index in [-0.39, 0.29) is 38.3 Å². The standard InChI is InChI=1S/C29H41N3O10/c33-13-12-32-22-4-1-3-19(24(22)28(31-32)42-29-27(39)26(38)25(37)23(17-36)41-29)8-5-18-6-9-21(10-7-18)40-14-2-11-30-20(15-34)16-35/h1,3-4,6-7,9-10,20,23,25-27,29-30,33-39H,2,5,8,11-17H2/t23-,25-,26+,27-,29+/m1/s1. The highest BCUT2D eigenvalue weighted by molar-refractivity contribution is 5.88. The van der Waals surface area contributed by atoms with Crippen molar-refractivity contribution in [3.8, 4) is 11.6 Å². The summed E-state index contributed by atoms with van der Waals surface area (Å²) >= 11 is 0. The molecule has 8 N–H and O–H groups in total. The molecule has 13 nitrogen and oxygen atoms in total. The maximum absolute atomic E-state index is 10.5. The molecular formula is C29H41N3O10. The molecule has 232 valence electrons. The molecule has 42 heavy (non-hydrogen) atoms. The summed E-state index contributed by atoms with van der Waals surface area (Å²) in [6.45, 7) is 0.345. The van der Waals surface area contributed by atoms with E-state index in [1.54, 1.807) is 4.68 Å². The highest BCUT2D eigenvalue weighted by Gasteiger charge is 2.45. The molecule has 0 amide bonds. The van der Waals surface area contributed by atoms with Gasteiger partial charge in [0.1, 0.15) is 30.2 Å². The number of nitrogens with zero attached hydrogens (tertiary/aromatic N) is 2. The van der Waals surface area contributed by atoms with Crippen molar-refractivity contribution in [2.75, 3.05) is 39.6 Å². The summed E-state index contributed by atoms with van der Waals surface area (Å²) in [5.74, 6) is 0.878. The molecule has 3 aromatic rings. The van der Waals surface area contributed by atoms with Crippen LogP contribution >= 0.6 is 0 Å². The van der Waals surface area contributed by atoms with E-state index >= 15 is 0 Å². The van der Waals surface area contributed by atoms with Crippen LogP contribution in [0.15, 0.2) is 42.5 Å². The first kappa shape index (κ1) is 32.1. The van der Waals surface area contributed by atoms with Gasteiger partial charge in [-0.3, -0.25) is 4.68 Å². The van der Waals surface area contributed by atoms with E-state index in [0.29, 0.717) is 36.9 Å². The highest BCUT2D eigenvalue weighted by Crippen LogP contribution is 2.32. The molecule has 0 spiro atoms. The Balaban J connectivity index is 1.43. The summed E-state index contributed by atoms with van der Waals surface area (Å²) in [4.78, 5) is 0. The number of aliphatic hydroxyl groups excluding tert-OH is 7. The second-order valence-corrected chi connectivity index (χ2v) is 10.2. The van der Waals surface area contributed by atoms with Gasteiger partial charge in [0.05, 0.1) is 56.5 Å². The number of fused-ring (bicyclic) bond motifs is 1. The number of rotatable bonds is 16. The maximum Gasteiger partial charge on any atom is 0.243 e. The predicted molar refractivity (Wildman–Crippen MR) is 151 cm³/mol. The van der Waals surface area contributed by atoms with Crippen molar-refractivity contribution in [1.29, 1.82) is 0 Å². The van der Waals surface area contributed by atoms with Gasteiger partial charge in [0.25, 0.3) is 0 Å². The lowest BCUT2D eigenvalue weighted by atomic mass is 9.99. The molecule has 5 atom stereocenters. The summed E-state index contributed by atoms with van der Waals surface area (Å²) in [6, 6.07) is 13.1. The third-order valence-corrected chi connectivity index (χ3v) is 7.29. The molecule has 2 heterocycles. The third kappa shape index (κ3) is 7.75. The Hall–Kier alpha value is -2.85. The van der Waals surface area contributed by atoms with Crippen LogP contribution in [0.25, 0.3) is 10.9 Å². The van der Waals surface area contributed by atoms with Gasteiger partial charge in [0.2, 0.25) is 12.2 Å². The quantitative estimate of drug-likeness (QED) is 0.0918. The van der Waals surface area contributed by atoms with Crippen LogP contribution in [0.1, 0.15) is 17.5 Å². The zero-order valence-electron chi connectivity index (χ0n) is 23.3. The summed E-state index contributed by atoms with van der Waals surface area (Å²) in [7, 11) is 0. The smallest absolute Gasteiger partial charge is 0.243 e. The van der Waals surface area contributed by atoms with Crippen LogP contribution in [-0.2, 0) is 24.1 Å². The van der Waals surface area contributed by atoms with E-state index in [1.807, 2.05) is 42.5 Å². The lowest BCUT2D eigenvalue weighted by molar-refractivity contribution is -0.278. The second-order valence-electron chi connectivity index (χ2n) is 10.2. The van der Waals surface area contributed by atoms with Crippen molar-refractivity contribution >= 4 is 10.9 Å². The number of benzene rings is 2. The Morgan fingerprint density at radius 1 is 0.929 bits per heavy atom. The molecule has 1 aromatic heterocycles. The van der Waals surface area contributed by atoms with Gasteiger partial charge in [-0.1, -0.05) is 24.3 Å². The molecule has 0 saturated carbocycles. The molecule has 4 rings (SSSR count). The van der Waals surface area contributed by atoms with E-state index in [0.717, 1.165) is 23.3 Å². The topological polar surface area (TPSA) is 199 Å². The number of aliphatic hydroxyl groups is 7. The normalized spacial score (nSPS) is 22.6. The monoisotopic (exact) mass is 591 g/mol. The Bertz CT molecular complexity index is 1230. The predicted octanol–water partition coefficient (Wildman–Crippen LogP) is -1.30. The molecule has 0 bridgehead atoms. The zero-order valence-corrected chi connectivity index (χ0v) is 23.3. The van der Waals surface area contributed by atoms with E-state index in [1.165, 1.54) is 0 Å². The highest BCUT2D eigenvalue weighted by atomic mass is 16.7. The fourth-order valence-electron chi connectivity index (χ4n) is 4.88. The minimum atomic E-state index is -1.58. The van der Waals surface area contributed by atoms with Crippen molar-refractivity contribution in [3.63, 3.8) is 0 Å². The van der Waals surface area contributed by atoms with Crippen LogP contribution in [0.5, 0.6) is 11.6 Å². The third-order valence-electron chi connectivity index (χ3n) is 7.29. The second kappa shape index (κ2) is 15.6. The Morgan fingerprint density at radius 3 is 2.38 bits per heavy atom. The number of hydrogen-bond acceptors (Lipinski definition) is 12. The lowest BCUT2D eigenvalue weighted by Gasteiger charge is -2.39. The zero-order chi connectivity index (χ0) is 30.1. The van der Waals surface area contributed by atoms with Crippen LogP contribution in [-0.4, -0.2) is 122 Å². The van der Waals surface area contributed by atoms with Crippen molar-refractivity contribution in [3.05, 3.63) is 53.6 Å². The number of hydrogen-bond donors (Lipinski definition) is 8. The maximum atomic E-state index is 10.5. The fourth-order valence-corrected chi connectivity index (χ4v) is 4.88. The molecule has 0 radical (unpaired) electrons. The van der Waals surface area contributed by atoms with Crippen molar-refractivity contribution in [1.82, 2.24) is 15.1 Å². The van der Waals surface area contributed by atoms with Crippen LogP contribution in [0, 0.1) is 0 Å². The molecule has 0 unspecified atom stereocenters. The first-order valence-electron chi connectivity index (χ1n) is 14.1. The Morgan fingerprint density at radius 2 is 1.69 bits per heavy atom. The van der Waals surface area contributed by atoms with Crippen LogP contribution in [0.4, 0.5) is 0 Å². The molecule has 1 aliphatic rings. The molecule has 1 aliphatic heterocycles. The summed E-state index contributed by atoms with van der Waals surface area (Å²) in [5.41, 5.74) is 2.70. The minimum Gasteiger partial charge on any atom is -0.494 e. The van der Waals surface area contributed by atoms with Gasteiger partial charge in [0.15, 0.2) is 0 Å². The lowest BCUT2D eigenvalue weighted by Crippen LogP contribution is -2.60. The van der Waals surface area contributed by atoms with Crippen LogP contribution in [0.3, 0.4) is 0 Å². The van der Waals surface area contributed by atoms with Crippen molar-refractivity contribution in [2.24, 2.45) is 0 Å². The average Bonchev–Trinajstić information content (AvgIpc) is 3.36. The SMILES string of the molecule is OCCn1nc(O[C@@H]2O[C@H](CO)[C@@H](O)[C@H](O)[C@H]2O)c2c(CCc3ccc(OCCCNC(CO)CO)cc3)cccc21. The van der Waals surface area contributed by atoms with Crippen molar-refractivity contribution < 1.29 is 50.0 Å². The number of aromatic nitrogens is 2. The Kier molecular flexibility index (Phi) is 11.9. The molecule has 2 aromatic carbocycles. The number of aryl methyl sites for hydroxylation is 2. The summed E-state index contributed by atoms with van der Waals surface area (Å²) in [6.07, 6.45) is -5.14. The van der Waals surface area contributed by atoms with Gasteiger partial charge in [-0.2, -0.15) is 0 Å². The average molecular weight is 592 g/mol. The van der Waals surface area contributed by atoms with Crippen LogP contribution < -0.4 is 14.8 Å². The summed E-state index contributed by atoms with van der Waals surface area (Å²) < 4.78 is 18.8. The first-order valence-corrected chi connectivity index (χ1v) is 14.1. The Labute approximate surface area is 243 Å². The van der Waals surface area contributed by atoms with E-state index in [2.05, 4.69) is 10.4 Å². The fraction of sp³-hybridized carbons (Fsp3) is 0.552. The van der Waals surface area contributed by atoms with Gasteiger partial charge in [0, 0.05) is 0 Å². The van der Waals surface area contributed by atoms with Gasteiger partial charge in [-0.25, -0.2) is 0 Å². The number of nitrogens with one attached hydrogen (secondary N) is 1. The molecule has 0 aliphatic carbocycles. The first-order chi connectivity index (χ1) is 20.4. The summed E-state index contributed by atoms with van der Waals surface area (Å²) in [5, 5.41) is 76.2. The van der Waals surface area contributed by atoms with E-state index in [4.69, 9.17) is 24.4 Å². The molecule has 13 heteroatoms. The minimum absolute atomic E-state index is 0.120. The van der Waals surface area contributed by atoms with Crippen molar-refractivity contribution in [2.45, 2.75) is 62.6 Å². The van der Waals surface area contributed by atoms with Gasteiger partial charge in [-0.05, 0) is 55.1 Å². The largest absolute Gasteiger partial charge is 0.494 e. The number of ether oxygens (including phenoxy) is 3. The molecule has 1 saturated heterocycles. The van der Waals surface area contributed by atoms with E-state index < -0.39 is 37.3 Å². The molecule has 1 fully saturated rings. The van der Waals surface area contributed by atoms with Gasteiger partial charge >= 0.3 is 0 Å². The molecular weight excluding hydrogens is 550 g/mol. The van der Waals surface area contributed by atoms with Gasteiger partial charge in [-0.15, -0.1) is 5.10 Å². The van der Waals surface area contributed by atoms with Crippen LogP contribution in [0.2, 0.25) is 0 Å².